The summed E-state index contributed by atoms with van der Waals surface area (Å²) in [4.78, 5) is 9.59. The number of methoxy groups -OCH3 is 1. The Morgan fingerprint density at radius 2 is 1.73 bits per heavy atom. The van der Waals surface area contributed by atoms with Crippen LogP contribution in [0.2, 0.25) is 0 Å². The van der Waals surface area contributed by atoms with Gasteiger partial charge in [0, 0.05) is 19.2 Å². The molecule has 0 bridgehead atoms. The van der Waals surface area contributed by atoms with Crippen LogP contribution in [0.3, 0.4) is 0 Å². The molecule has 86 valence electrons. The highest BCUT2D eigenvalue weighted by Gasteiger charge is 1.98. The van der Waals surface area contributed by atoms with Gasteiger partial charge >= 0.3 is 0 Å². The smallest absolute Gasteiger partial charge is 0.269 e. The summed E-state index contributed by atoms with van der Waals surface area (Å²) < 4.78 is 4.31. The van der Waals surface area contributed by atoms with Gasteiger partial charge in [-0.15, -0.1) is 0 Å². The van der Waals surface area contributed by atoms with E-state index < -0.39 is 4.92 Å². The summed E-state index contributed by atoms with van der Waals surface area (Å²) in [6, 6.07) is 8.23. The molecule has 4 nitrogen and oxygen atoms in total. The molecule has 1 rings (SSSR count). The number of benzene rings is 1. The van der Waals surface area contributed by atoms with Gasteiger partial charge < -0.3 is 4.74 Å². The second-order valence-corrected chi connectivity index (χ2v) is 2.21. The van der Waals surface area contributed by atoms with E-state index in [9.17, 15) is 10.1 Å². The van der Waals surface area contributed by atoms with Crippen LogP contribution in [0.15, 0.2) is 30.3 Å². The van der Waals surface area contributed by atoms with Crippen molar-refractivity contribution < 1.29 is 9.66 Å². The van der Waals surface area contributed by atoms with Crippen molar-refractivity contribution in [3.63, 3.8) is 0 Å². The molecular weight excluding hydrogens is 218 g/mol. The molecule has 1 aromatic rings. The number of nitro benzene ring substituents is 1. The number of para-hydroxylation sites is 1. The molecule has 0 heterocycles. The topological polar surface area (TPSA) is 52.4 Å². The largest absolute Gasteiger partial charge is 0.369 e. The third-order valence-electron chi connectivity index (χ3n) is 1.08. The molecule has 0 saturated carbocycles. The van der Waals surface area contributed by atoms with E-state index in [2.05, 4.69) is 4.74 Å². The van der Waals surface area contributed by atoms with Crippen LogP contribution in [-0.4, -0.2) is 18.1 Å². The fraction of sp³-hybridized carbons (Fsp3) is 0.400. The van der Waals surface area contributed by atoms with E-state index in [1.165, 1.54) is 12.1 Å². The summed E-state index contributed by atoms with van der Waals surface area (Å²) in [5.74, 6) is 0. The van der Waals surface area contributed by atoms with Crippen LogP contribution in [0.4, 0.5) is 5.69 Å². The maximum absolute atomic E-state index is 10.0. The normalized spacial score (nSPS) is 7.73. The Morgan fingerprint density at radius 3 is 1.93 bits per heavy atom. The van der Waals surface area contributed by atoms with Gasteiger partial charge in [-0.2, -0.15) is 0 Å². The number of nitro groups is 1. The summed E-state index contributed by atoms with van der Waals surface area (Å²) in [5, 5.41) is 10.0. The Morgan fingerprint density at radius 1 is 1.33 bits per heavy atom. The number of hydrogen-bond donors (Lipinski definition) is 0. The van der Waals surface area contributed by atoms with Gasteiger partial charge in [-0.05, 0) is 0 Å². The molecule has 0 aliphatic rings. The number of non-ortho nitro benzene ring substituents is 1. The molecule has 15 heavy (non-hydrogen) atoms. The zero-order valence-corrected chi connectivity index (χ0v) is 9.90. The Kier molecular flexibility index (Phi) is 14.0. The molecular formula is C10H16ClNO3. The van der Waals surface area contributed by atoms with E-state index in [-0.39, 0.29) is 5.69 Å². The molecule has 0 radical (unpaired) electrons. The molecule has 0 spiro atoms. The Labute approximate surface area is 95.0 Å². The zero-order chi connectivity index (χ0) is 12.1. The summed E-state index contributed by atoms with van der Waals surface area (Å²) in [5.41, 5.74) is 0.137. The van der Waals surface area contributed by atoms with Gasteiger partial charge in [0.05, 0.1) is 4.92 Å². The SMILES string of the molecule is CC.COCCl.O=[N+]([O-])c1ccccc1. The van der Waals surface area contributed by atoms with Gasteiger partial charge in [0.15, 0.2) is 0 Å². The molecule has 5 heteroatoms. The molecule has 0 N–H and O–H groups in total. The zero-order valence-electron chi connectivity index (χ0n) is 9.14. The van der Waals surface area contributed by atoms with E-state index >= 15 is 0 Å². The molecule has 0 aliphatic heterocycles. The first-order chi connectivity index (χ1) is 7.22. The lowest BCUT2D eigenvalue weighted by Crippen LogP contribution is -1.84. The van der Waals surface area contributed by atoms with E-state index in [1.807, 2.05) is 13.8 Å². The van der Waals surface area contributed by atoms with Crippen LogP contribution in [-0.2, 0) is 4.74 Å². The monoisotopic (exact) mass is 233 g/mol. The summed E-state index contributed by atoms with van der Waals surface area (Å²) in [6.07, 6.45) is 0. The Hall–Kier alpha value is -1.13. The van der Waals surface area contributed by atoms with E-state index in [1.54, 1.807) is 25.3 Å². The van der Waals surface area contributed by atoms with Crippen molar-refractivity contribution in [1.29, 1.82) is 0 Å². The molecule has 1 aromatic carbocycles. The van der Waals surface area contributed by atoms with Crippen LogP contribution < -0.4 is 0 Å². The molecule has 0 fully saturated rings. The number of alkyl halides is 1. The van der Waals surface area contributed by atoms with Crippen LogP contribution in [0.1, 0.15) is 13.8 Å². The summed E-state index contributed by atoms with van der Waals surface area (Å²) in [7, 11) is 1.55. The summed E-state index contributed by atoms with van der Waals surface area (Å²) in [6.45, 7) is 4.00. The number of rotatable bonds is 2. The van der Waals surface area contributed by atoms with Crippen LogP contribution in [0, 0.1) is 10.1 Å². The first-order valence-corrected chi connectivity index (χ1v) is 5.00. The predicted octanol–water partition coefficient (Wildman–Crippen LogP) is 3.45. The van der Waals surface area contributed by atoms with Crippen LogP contribution in [0.25, 0.3) is 0 Å². The van der Waals surface area contributed by atoms with Gasteiger partial charge in [-0.3, -0.25) is 10.1 Å². The van der Waals surface area contributed by atoms with Crippen molar-refractivity contribution in [2.24, 2.45) is 0 Å². The fourth-order valence-corrected chi connectivity index (χ4v) is 0.550. The predicted molar refractivity (Wildman–Crippen MR) is 62.2 cm³/mol. The molecule has 0 unspecified atom stereocenters. The second-order valence-electron chi connectivity index (χ2n) is 1.99. The number of ether oxygens (including phenoxy) is 1. The Balaban J connectivity index is 0. The van der Waals surface area contributed by atoms with Crippen molar-refractivity contribution in [2.45, 2.75) is 13.8 Å². The molecule has 0 aliphatic carbocycles. The van der Waals surface area contributed by atoms with E-state index in [0.29, 0.717) is 6.07 Å². The van der Waals surface area contributed by atoms with Gasteiger partial charge in [0.2, 0.25) is 0 Å². The molecule has 0 saturated heterocycles. The summed E-state index contributed by atoms with van der Waals surface area (Å²) >= 11 is 4.96. The molecule has 0 aromatic heterocycles. The lowest BCUT2D eigenvalue weighted by Gasteiger charge is -1.85. The van der Waals surface area contributed by atoms with Crippen molar-refractivity contribution in [1.82, 2.24) is 0 Å². The van der Waals surface area contributed by atoms with Crippen LogP contribution in [0.5, 0.6) is 0 Å². The van der Waals surface area contributed by atoms with E-state index in [4.69, 9.17) is 11.6 Å². The minimum absolute atomic E-state index is 0.137. The van der Waals surface area contributed by atoms with Gasteiger partial charge in [0.25, 0.3) is 5.69 Å². The van der Waals surface area contributed by atoms with Gasteiger partial charge in [-0.1, -0.05) is 43.6 Å². The molecule has 0 amide bonds. The third kappa shape index (κ3) is 10.8. The lowest BCUT2D eigenvalue weighted by atomic mass is 10.3. The first-order valence-electron chi connectivity index (χ1n) is 4.46. The maximum Gasteiger partial charge on any atom is 0.269 e. The quantitative estimate of drug-likeness (QED) is 0.447. The average molecular weight is 234 g/mol. The molecule has 0 atom stereocenters. The maximum atomic E-state index is 10.0. The van der Waals surface area contributed by atoms with E-state index in [0.717, 1.165) is 0 Å². The Bertz CT molecular complexity index is 240. The van der Waals surface area contributed by atoms with Crippen molar-refractivity contribution >= 4 is 17.3 Å². The highest BCUT2D eigenvalue weighted by molar-refractivity contribution is 6.17. The number of halogens is 1. The average Bonchev–Trinajstić information content (AvgIpc) is 2.33. The minimum Gasteiger partial charge on any atom is -0.369 e. The second kappa shape index (κ2) is 12.9. The third-order valence-corrected chi connectivity index (χ3v) is 1.29. The highest BCUT2D eigenvalue weighted by Crippen LogP contribution is 2.06. The fourth-order valence-electron chi connectivity index (χ4n) is 0.550. The van der Waals surface area contributed by atoms with Gasteiger partial charge in [-0.25, -0.2) is 0 Å². The highest BCUT2D eigenvalue weighted by atomic mass is 35.5. The lowest BCUT2D eigenvalue weighted by molar-refractivity contribution is -0.384. The van der Waals surface area contributed by atoms with Crippen LogP contribution >= 0.6 is 11.6 Å². The first kappa shape index (κ1) is 16.3. The number of hydrogen-bond acceptors (Lipinski definition) is 3. The van der Waals surface area contributed by atoms with Crippen molar-refractivity contribution in [2.75, 3.05) is 13.2 Å². The minimum atomic E-state index is -0.417. The van der Waals surface area contributed by atoms with Crippen molar-refractivity contribution in [3.05, 3.63) is 40.4 Å². The standard InChI is InChI=1S/C6H5NO2.C2H5ClO.C2H6/c8-7(9)6-4-2-1-3-5-6;1-4-2-3;1-2/h1-5H;2H2,1H3;1-2H3. The van der Waals surface area contributed by atoms with Gasteiger partial charge in [0.1, 0.15) is 6.07 Å². The van der Waals surface area contributed by atoms with Crippen molar-refractivity contribution in [3.8, 4) is 0 Å². The number of nitrogens with zero attached hydrogens (tertiary/aromatic N) is 1.